The summed E-state index contributed by atoms with van der Waals surface area (Å²) in [7, 11) is 5.88. The zero-order valence-corrected chi connectivity index (χ0v) is 18.8. The van der Waals surface area contributed by atoms with Crippen molar-refractivity contribution in [2.75, 3.05) is 26.0 Å². The number of unbranched alkanes of at least 4 members (excludes halogenated alkanes) is 1. The molecule has 3 aromatic rings. The van der Waals surface area contributed by atoms with Crippen molar-refractivity contribution in [2.45, 2.75) is 39.2 Å². The van der Waals surface area contributed by atoms with Crippen molar-refractivity contribution in [3.63, 3.8) is 0 Å². The average Bonchev–Trinajstić information content (AvgIpc) is 3.04. The maximum atomic E-state index is 13.7. The van der Waals surface area contributed by atoms with Gasteiger partial charge in [0.1, 0.15) is 23.4 Å². The lowest BCUT2D eigenvalue weighted by Crippen LogP contribution is -2.13. The van der Waals surface area contributed by atoms with Crippen LogP contribution in [0.4, 0.5) is 15.9 Å². The van der Waals surface area contributed by atoms with Crippen LogP contribution in [0.15, 0.2) is 30.6 Å². The first-order chi connectivity index (χ1) is 14.8. The molecule has 0 saturated carbocycles. The summed E-state index contributed by atoms with van der Waals surface area (Å²) in [6.07, 6.45) is 3.62. The quantitative estimate of drug-likeness (QED) is 0.378. The molecule has 0 bridgehead atoms. The number of ether oxygens (including phenoxy) is 1. The molecule has 3 rings (SSSR count). The van der Waals surface area contributed by atoms with E-state index in [0.717, 1.165) is 19.4 Å². The van der Waals surface area contributed by atoms with Gasteiger partial charge in [0, 0.05) is 19.5 Å². The number of nitrogens with zero attached hydrogens (tertiary/aromatic N) is 4. The third-order valence-corrected chi connectivity index (χ3v) is 4.93. The van der Waals surface area contributed by atoms with Crippen LogP contribution in [0.3, 0.4) is 0 Å². The lowest BCUT2D eigenvalue weighted by atomic mass is 10.1. The molecule has 0 fully saturated rings. The fraction of sp³-hybridized carbons (Fsp3) is 0.435. The van der Waals surface area contributed by atoms with Crippen LogP contribution in [0.2, 0.25) is 0 Å². The fourth-order valence-corrected chi connectivity index (χ4v) is 3.45. The smallest absolute Gasteiger partial charge is 0.179 e. The van der Waals surface area contributed by atoms with E-state index in [-0.39, 0.29) is 17.7 Å². The molecular formula is C23H30FN5O2. The summed E-state index contributed by atoms with van der Waals surface area (Å²) in [6.45, 7) is 4.72. The first-order valence-electron chi connectivity index (χ1n) is 10.5. The maximum Gasteiger partial charge on any atom is 0.179 e. The van der Waals surface area contributed by atoms with E-state index in [1.54, 1.807) is 12.1 Å². The Balaban J connectivity index is 1.88. The summed E-state index contributed by atoms with van der Waals surface area (Å²) >= 11 is 0. The second-order valence-corrected chi connectivity index (χ2v) is 8.16. The van der Waals surface area contributed by atoms with Gasteiger partial charge >= 0.3 is 0 Å². The van der Waals surface area contributed by atoms with Gasteiger partial charge in [0.25, 0.3) is 0 Å². The zero-order chi connectivity index (χ0) is 22.5. The zero-order valence-electron chi connectivity index (χ0n) is 18.8. The van der Waals surface area contributed by atoms with Gasteiger partial charge in [-0.2, -0.15) is 0 Å². The Morgan fingerprint density at radius 3 is 2.71 bits per heavy atom. The van der Waals surface area contributed by atoms with Gasteiger partial charge in [-0.05, 0) is 65.5 Å². The number of aromatic nitrogens is 3. The van der Waals surface area contributed by atoms with E-state index in [1.165, 1.54) is 18.5 Å². The fourth-order valence-electron chi connectivity index (χ4n) is 3.45. The minimum absolute atomic E-state index is 0.0795. The van der Waals surface area contributed by atoms with Crippen molar-refractivity contribution in [2.24, 2.45) is 7.05 Å². The van der Waals surface area contributed by atoms with Gasteiger partial charge in [-0.3, -0.25) is 4.79 Å². The lowest BCUT2D eigenvalue weighted by molar-refractivity contribution is 0.0971. The molecular weight excluding hydrogens is 397 g/mol. The SMILES string of the molecule is CC(C)Oc1cc(F)ccc1Nc1ncnc2cc(C(=O)CCCCN(C)C)n(C)c12. The van der Waals surface area contributed by atoms with E-state index in [9.17, 15) is 9.18 Å². The molecule has 31 heavy (non-hydrogen) atoms. The van der Waals surface area contributed by atoms with Crippen LogP contribution in [0.25, 0.3) is 11.0 Å². The predicted molar refractivity (Wildman–Crippen MR) is 121 cm³/mol. The average molecular weight is 428 g/mol. The highest BCUT2D eigenvalue weighted by Crippen LogP contribution is 2.32. The van der Waals surface area contributed by atoms with E-state index in [4.69, 9.17) is 4.74 Å². The highest BCUT2D eigenvalue weighted by atomic mass is 19.1. The maximum absolute atomic E-state index is 13.7. The molecule has 0 amide bonds. The largest absolute Gasteiger partial charge is 0.489 e. The Kier molecular flexibility index (Phi) is 7.22. The van der Waals surface area contributed by atoms with Crippen LogP contribution in [0.5, 0.6) is 5.75 Å². The number of carbonyl (C=O) groups excluding carboxylic acids is 1. The van der Waals surface area contributed by atoms with Gasteiger partial charge in [-0.25, -0.2) is 14.4 Å². The normalized spacial score (nSPS) is 11.5. The van der Waals surface area contributed by atoms with E-state index >= 15 is 0 Å². The van der Waals surface area contributed by atoms with Crippen molar-refractivity contribution < 1.29 is 13.9 Å². The number of benzene rings is 1. The number of anilines is 2. The van der Waals surface area contributed by atoms with E-state index in [1.807, 2.05) is 39.6 Å². The Morgan fingerprint density at radius 2 is 2.00 bits per heavy atom. The Hall–Kier alpha value is -3.00. The van der Waals surface area contributed by atoms with Gasteiger partial charge in [0.15, 0.2) is 11.6 Å². The van der Waals surface area contributed by atoms with Crippen LogP contribution < -0.4 is 10.1 Å². The van der Waals surface area contributed by atoms with Gasteiger partial charge < -0.3 is 19.5 Å². The standard InChI is InChI=1S/C23H30FN5O2/c1-15(2)31-21-12-16(24)9-10-17(21)27-23-22-18(25-14-26-23)13-19(29(22)5)20(30)8-6-7-11-28(3)4/h9-10,12-15H,6-8,11H2,1-5H3,(H,25,26,27). The van der Waals surface area contributed by atoms with Crippen molar-refractivity contribution in [1.29, 1.82) is 0 Å². The summed E-state index contributed by atoms with van der Waals surface area (Å²) in [5, 5.41) is 3.23. The number of fused-ring (bicyclic) bond motifs is 1. The minimum atomic E-state index is -0.380. The summed E-state index contributed by atoms with van der Waals surface area (Å²) in [4.78, 5) is 23.6. The van der Waals surface area contributed by atoms with Crippen molar-refractivity contribution in [1.82, 2.24) is 19.4 Å². The molecule has 1 N–H and O–H groups in total. The molecule has 8 heteroatoms. The van der Waals surface area contributed by atoms with Gasteiger partial charge in [-0.1, -0.05) is 0 Å². The van der Waals surface area contributed by atoms with Crippen LogP contribution >= 0.6 is 0 Å². The number of hydrogen-bond acceptors (Lipinski definition) is 6. The topological polar surface area (TPSA) is 72.3 Å². The first-order valence-corrected chi connectivity index (χ1v) is 10.5. The lowest BCUT2D eigenvalue weighted by Gasteiger charge is -2.16. The molecule has 7 nitrogen and oxygen atoms in total. The van der Waals surface area contributed by atoms with Gasteiger partial charge in [0.05, 0.1) is 23.0 Å². The van der Waals surface area contributed by atoms with Crippen LogP contribution in [-0.4, -0.2) is 52.0 Å². The summed E-state index contributed by atoms with van der Waals surface area (Å²) < 4.78 is 21.3. The first kappa shape index (κ1) is 22.7. The molecule has 0 aliphatic heterocycles. The number of aryl methyl sites for hydroxylation is 1. The monoisotopic (exact) mass is 427 g/mol. The number of ketones is 1. The number of carbonyl (C=O) groups is 1. The number of rotatable bonds is 10. The molecule has 0 aliphatic carbocycles. The number of nitrogens with one attached hydrogen (secondary N) is 1. The molecule has 0 radical (unpaired) electrons. The third-order valence-electron chi connectivity index (χ3n) is 4.93. The molecule has 2 aromatic heterocycles. The molecule has 166 valence electrons. The number of halogens is 1. The van der Waals surface area contributed by atoms with Crippen LogP contribution in [-0.2, 0) is 7.05 Å². The van der Waals surface area contributed by atoms with Crippen LogP contribution in [0.1, 0.15) is 43.6 Å². The van der Waals surface area contributed by atoms with E-state index in [0.29, 0.717) is 40.4 Å². The van der Waals surface area contributed by atoms with Crippen molar-refractivity contribution in [3.8, 4) is 5.75 Å². The molecule has 1 aromatic carbocycles. The van der Waals surface area contributed by atoms with E-state index < -0.39 is 0 Å². The Morgan fingerprint density at radius 1 is 1.23 bits per heavy atom. The van der Waals surface area contributed by atoms with Crippen molar-refractivity contribution in [3.05, 3.63) is 42.1 Å². The highest BCUT2D eigenvalue weighted by molar-refractivity contribution is 6.01. The molecule has 0 saturated heterocycles. The molecule has 2 heterocycles. The molecule has 0 aliphatic rings. The Labute approximate surface area is 182 Å². The van der Waals surface area contributed by atoms with Gasteiger partial charge in [-0.15, -0.1) is 0 Å². The minimum Gasteiger partial charge on any atom is -0.489 e. The summed E-state index contributed by atoms with van der Waals surface area (Å²) in [5.41, 5.74) is 2.57. The second kappa shape index (κ2) is 9.87. The van der Waals surface area contributed by atoms with Crippen LogP contribution in [0, 0.1) is 5.82 Å². The third kappa shape index (κ3) is 5.58. The second-order valence-electron chi connectivity index (χ2n) is 8.16. The summed E-state index contributed by atoms with van der Waals surface area (Å²) in [5.74, 6) is 0.624. The number of hydrogen-bond donors (Lipinski definition) is 1. The Bertz CT molecular complexity index is 1060. The molecule has 0 unspecified atom stereocenters. The predicted octanol–water partition coefficient (Wildman–Crippen LogP) is 4.55. The highest BCUT2D eigenvalue weighted by Gasteiger charge is 2.18. The van der Waals surface area contributed by atoms with Gasteiger partial charge in [0.2, 0.25) is 0 Å². The summed E-state index contributed by atoms with van der Waals surface area (Å²) in [6, 6.07) is 6.11. The van der Waals surface area contributed by atoms with E-state index in [2.05, 4.69) is 20.2 Å². The van der Waals surface area contributed by atoms with Crippen molar-refractivity contribution >= 4 is 28.3 Å². The molecule has 0 spiro atoms. The number of Topliss-reactive ketones (excluding diaryl/α,β-unsaturated/α-hetero) is 1. The molecule has 0 atom stereocenters.